The van der Waals surface area contributed by atoms with Crippen molar-refractivity contribution in [2.24, 2.45) is 0 Å². The van der Waals surface area contributed by atoms with Gasteiger partial charge in [0.2, 0.25) is 11.9 Å². The van der Waals surface area contributed by atoms with Gasteiger partial charge in [-0.25, -0.2) is 14.4 Å². The number of likely N-dealkylation sites (tertiary alicyclic amines) is 1. The smallest absolute Gasteiger partial charge is 0.226 e. The number of hydrogen-bond donors (Lipinski definition) is 1. The minimum atomic E-state index is -0.312. The summed E-state index contributed by atoms with van der Waals surface area (Å²) in [6.07, 6.45) is 3.58. The number of nitrogens with two attached hydrogens (primary N) is 1. The normalized spacial score (nSPS) is 15.9. The highest BCUT2D eigenvalue weighted by molar-refractivity contribution is 5.78. The molecule has 1 saturated heterocycles. The monoisotopic (exact) mass is 406 g/mol. The van der Waals surface area contributed by atoms with Gasteiger partial charge in [-0.3, -0.25) is 4.79 Å². The number of carbonyl (C=O) groups is 1. The maximum Gasteiger partial charge on any atom is 0.226 e. The SMILES string of the molecule is Nc1ncc(-c2ccc(F)cc2)c(C2CCCN2C(=O)CCOc2ccccc2)n1. The first-order valence-electron chi connectivity index (χ1n) is 9.97. The number of hydrogen-bond acceptors (Lipinski definition) is 5. The van der Waals surface area contributed by atoms with Gasteiger partial charge < -0.3 is 15.4 Å². The van der Waals surface area contributed by atoms with Gasteiger partial charge in [-0.2, -0.15) is 0 Å². The molecule has 0 bridgehead atoms. The van der Waals surface area contributed by atoms with Crippen LogP contribution in [0.25, 0.3) is 11.1 Å². The minimum absolute atomic E-state index is 0.00988. The second-order valence-electron chi connectivity index (χ2n) is 7.19. The van der Waals surface area contributed by atoms with Gasteiger partial charge in [0.1, 0.15) is 11.6 Å². The first-order valence-corrected chi connectivity index (χ1v) is 9.97. The van der Waals surface area contributed by atoms with Crippen molar-refractivity contribution in [3.05, 3.63) is 72.3 Å². The standard InChI is InChI=1S/C23H23FN4O2/c24-17-10-8-16(9-11-17)19-15-26-23(25)27-22(19)20-7-4-13-28(20)21(29)12-14-30-18-5-2-1-3-6-18/h1-3,5-6,8-11,15,20H,4,7,12-14H2,(H2,25,26,27). The van der Waals surface area contributed by atoms with Gasteiger partial charge >= 0.3 is 0 Å². The number of aromatic nitrogens is 2. The van der Waals surface area contributed by atoms with Crippen LogP contribution in [0.4, 0.5) is 10.3 Å². The highest BCUT2D eigenvalue weighted by atomic mass is 19.1. The number of halogens is 1. The molecule has 1 aliphatic rings. The van der Waals surface area contributed by atoms with Gasteiger partial charge in [-0.05, 0) is 42.7 Å². The first-order chi connectivity index (χ1) is 14.6. The molecule has 30 heavy (non-hydrogen) atoms. The molecule has 0 radical (unpaired) electrons. The van der Waals surface area contributed by atoms with Gasteiger partial charge in [0.05, 0.1) is 24.8 Å². The zero-order valence-corrected chi connectivity index (χ0v) is 16.5. The second kappa shape index (κ2) is 8.90. The molecule has 2 aromatic carbocycles. The van der Waals surface area contributed by atoms with E-state index in [2.05, 4.69) is 9.97 Å². The van der Waals surface area contributed by atoms with Crippen molar-refractivity contribution < 1.29 is 13.9 Å². The van der Waals surface area contributed by atoms with E-state index < -0.39 is 0 Å². The van der Waals surface area contributed by atoms with Crippen LogP contribution in [0.5, 0.6) is 5.75 Å². The Kier molecular flexibility index (Phi) is 5.88. The average Bonchev–Trinajstić information content (AvgIpc) is 3.25. The fourth-order valence-electron chi connectivity index (χ4n) is 3.78. The lowest BCUT2D eigenvalue weighted by Gasteiger charge is -2.26. The molecule has 1 unspecified atom stereocenters. The molecule has 1 amide bonds. The van der Waals surface area contributed by atoms with Gasteiger partial charge in [-0.1, -0.05) is 30.3 Å². The van der Waals surface area contributed by atoms with Crippen molar-refractivity contribution in [1.82, 2.24) is 14.9 Å². The molecule has 1 fully saturated rings. The predicted molar refractivity (Wildman–Crippen MR) is 112 cm³/mol. The van der Waals surface area contributed by atoms with Crippen molar-refractivity contribution in [3.8, 4) is 16.9 Å². The van der Waals surface area contributed by atoms with E-state index in [-0.39, 0.29) is 30.1 Å². The van der Waals surface area contributed by atoms with E-state index in [4.69, 9.17) is 10.5 Å². The van der Waals surface area contributed by atoms with Crippen LogP contribution in [-0.4, -0.2) is 33.9 Å². The fraction of sp³-hybridized carbons (Fsp3) is 0.261. The number of rotatable bonds is 6. The molecule has 2 heterocycles. The molecule has 0 saturated carbocycles. The summed E-state index contributed by atoms with van der Waals surface area (Å²) in [4.78, 5) is 23.3. The van der Waals surface area contributed by atoms with E-state index in [0.29, 0.717) is 18.8 Å². The van der Waals surface area contributed by atoms with Crippen LogP contribution in [0.2, 0.25) is 0 Å². The Balaban J connectivity index is 1.52. The van der Waals surface area contributed by atoms with E-state index in [1.165, 1.54) is 12.1 Å². The topological polar surface area (TPSA) is 81.3 Å². The molecule has 7 heteroatoms. The third-order valence-electron chi connectivity index (χ3n) is 5.21. The lowest BCUT2D eigenvalue weighted by Crippen LogP contribution is -2.32. The average molecular weight is 406 g/mol. The van der Waals surface area contributed by atoms with E-state index in [1.807, 2.05) is 35.2 Å². The molecular weight excluding hydrogens is 383 g/mol. The maximum absolute atomic E-state index is 13.4. The molecule has 2 N–H and O–H groups in total. The first kappa shape index (κ1) is 19.8. The Morgan fingerprint density at radius 1 is 1.17 bits per heavy atom. The largest absolute Gasteiger partial charge is 0.493 e. The maximum atomic E-state index is 13.4. The highest BCUT2D eigenvalue weighted by Crippen LogP contribution is 2.37. The van der Waals surface area contributed by atoms with Crippen LogP contribution in [0.15, 0.2) is 60.8 Å². The lowest BCUT2D eigenvalue weighted by atomic mass is 9.99. The Morgan fingerprint density at radius 3 is 2.70 bits per heavy atom. The zero-order valence-electron chi connectivity index (χ0n) is 16.5. The second-order valence-corrected chi connectivity index (χ2v) is 7.19. The molecule has 3 aromatic rings. The number of carbonyl (C=O) groups excluding carboxylic acids is 1. The van der Waals surface area contributed by atoms with Crippen LogP contribution in [-0.2, 0) is 4.79 Å². The van der Waals surface area contributed by atoms with E-state index in [0.717, 1.165) is 29.7 Å². The number of anilines is 1. The Morgan fingerprint density at radius 2 is 1.93 bits per heavy atom. The van der Waals surface area contributed by atoms with Crippen LogP contribution >= 0.6 is 0 Å². The van der Waals surface area contributed by atoms with Crippen molar-refractivity contribution >= 4 is 11.9 Å². The lowest BCUT2D eigenvalue weighted by molar-refractivity contribution is -0.132. The summed E-state index contributed by atoms with van der Waals surface area (Å²) in [5.41, 5.74) is 8.10. The minimum Gasteiger partial charge on any atom is -0.493 e. The van der Waals surface area contributed by atoms with Crippen LogP contribution in [0, 0.1) is 5.82 Å². The molecule has 0 aliphatic carbocycles. The van der Waals surface area contributed by atoms with Crippen molar-refractivity contribution in [3.63, 3.8) is 0 Å². The number of amides is 1. The summed E-state index contributed by atoms with van der Waals surface area (Å²) in [5.74, 6) is 0.594. The van der Waals surface area contributed by atoms with E-state index in [1.54, 1.807) is 18.3 Å². The third-order valence-corrected chi connectivity index (χ3v) is 5.21. The predicted octanol–water partition coefficient (Wildman–Crippen LogP) is 4.00. The molecule has 1 aliphatic heterocycles. The van der Waals surface area contributed by atoms with Crippen LogP contribution in [0.1, 0.15) is 31.0 Å². The summed E-state index contributed by atoms with van der Waals surface area (Å²) in [5, 5.41) is 0. The number of ether oxygens (including phenoxy) is 1. The van der Waals surface area contributed by atoms with Crippen molar-refractivity contribution in [2.75, 3.05) is 18.9 Å². The Hall–Kier alpha value is -3.48. The van der Waals surface area contributed by atoms with Crippen LogP contribution in [0.3, 0.4) is 0 Å². The van der Waals surface area contributed by atoms with Crippen molar-refractivity contribution in [2.45, 2.75) is 25.3 Å². The van der Waals surface area contributed by atoms with Gasteiger partial charge in [0.15, 0.2) is 0 Å². The van der Waals surface area contributed by atoms with Crippen molar-refractivity contribution in [1.29, 1.82) is 0 Å². The number of para-hydroxylation sites is 1. The molecule has 4 rings (SSSR count). The summed E-state index contributed by atoms with van der Waals surface area (Å²) in [6, 6.07) is 15.4. The number of nitrogen functional groups attached to an aromatic ring is 1. The highest BCUT2D eigenvalue weighted by Gasteiger charge is 2.32. The quantitative estimate of drug-likeness (QED) is 0.669. The van der Waals surface area contributed by atoms with Gasteiger partial charge in [0.25, 0.3) is 0 Å². The zero-order chi connectivity index (χ0) is 20.9. The third kappa shape index (κ3) is 4.40. The molecular formula is C23H23FN4O2. The molecule has 1 atom stereocenters. The van der Waals surface area contributed by atoms with E-state index >= 15 is 0 Å². The van der Waals surface area contributed by atoms with Gasteiger partial charge in [0, 0.05) is 18.3 Å². The summed E-state index contributed by atoms with van der Waals surface area (Å²) in [7, 11) is 0. The summed E-state index contributed by atoms with van der Waals surface area (Å²) < 4.78 is 19.0. The summed E-state index contributed by atoms with van der Waals surface area (Å²) >= 11 is 0. The molecule has 154 valence electrons. The number of benzene rings is 2. The molecule has 0 spiro atoms. The Labute approximate surface area is 174 Å². The van der Waals surface area contributed by atoms with Crippen LogP contribution < -0.4 is 10.5 Å². The van der Waals surface area contributed by atoms with E-state index in [9.17, 15) is 9.18 Å². The molecule has 1 aromatic heterocycles. The Bertz CT molecular complexity index is 1010. The van der Waals surface area contributed by atoms with Gasteiger partial charge in [-0.15, -0.1) is 0 Å². The summed E-state index contributed by atoms with van der Waals surface area (Å²) in [6.45, 7) is 0.963. The molecule has 6 nitrogen and oxygen atoms in total. The fourth-order valence-corrected chi connectivity index (χ4v) is 3.78. The number of nitrogens with zero attached hydrogens (tertiary/aromatic N) is 3.